The first-order valence-electron chi connectivity index (χ1n) is 6.70. The van der Waals surface area contributed by atoms with Gasteiger partial charge in [-0.3, -0.25) is 9.59 Å². The molecule has 1 amide bonds. The second kappa shape index (κ2) is 7.18. The van der Waals surface area contributed by atoms with E-state index in [2.05, 4.69) is 21.2 Å². The zero-order valence-corrected chi connectivity index (χ0v) is 13.3. The molecule has 0 aromatic heterocycles. The van der Waals surface area contributed by atoms with Crippen LogP contribution in [0.4, 0.5) is 5.69 Å². The third kappa shape index (κ3) is 4.83. The highest BCUT2D eigenvalue weighted by Crippen LogP contribution is 2.14. The monoisotopic (exact) mass is 345 g/mol. The second-order valence-electron chi connectivity index (χ2n) is 4.82. The highest BCUT2D eigenvalue weighted by Gasteiger charge is 2.05. The van der Waals surface area contributed by atoms with E-state index in [0.717, 1.165) is 10.0 Å². The summed E-state index contributed by atoms with van der Waals surface area (Å²) in [6, 6.07) is 14.9. The van der Waals surface area contributed by atoms with E-state index >= 15 is 0 Å². The zero-order chi connectivity index (χ0) is 15.2. The van der Waals surface area contributed by atoms with Gasteiger partial charge in [0.25, 0.3) is 0 Å². The molecule has 0 unspecified atom stereocenters. The average Bonchev–Trinajstić information content (AvgIpc) is 2.45. The standard InChI is InChI=1S/C17H16BrNO2/c1-12(20)14-5-3-7-16(11-14)19-17(21)9-8-13-4-2-6-15(18)10-13/h2-7,10-11H,8-9H2,1H3,(H,19,21). The van der Waals surface area contributed by atoms with Gasteiger partial charge in [-0.05, 0) is 43.2 Å². The third-order valence-electron chi connectivity index (χ3n) is 3.08. The van der Waals surface area contributed by atoms with Crippen molar-refractivity contribution >= 4 is 33.3 Å². The number of Topliss-reactive ketones (excluding diaryl/α,β-unsaturated/α-hetero) is 1. The van der Waals surface area contributed by atoms with Gasteiger partial charge in [0.2, 0.25) is 5.91 Å². The Kier molecular flexibility index (Phi) is 5.28. The first-order chi connectivity index (χ1) is 10.0. The van der Waals surface area contributed by atoms with E-state index in [1.54, 1.807) is 24.3 Å². The molecule has 4 heteroatoms. The van der Waals surface area contributed by atoms with E-state index in [1.807, 2.05) is 24.3 Å². The maximum atomic E-state index is 11.9. The molecule has 3 nitrogen and oxygen atoms in total. The number of benzene rings is 2. The first-order valence-corrected chi connectivity index (χ1v) is 7.49. The Morgan fingerprint density at radius 2 is 1.86 bits per heavy atom. The smallest absolute Gasteiger partial charge is 0.224 e. The first kappa shape index (κ1) is 15.4. The van der Waals surface area contributed by atoms with Gasteiger partial charge in [0.05, 0.1) is 0 Å². The molecule has 2 aromatic carbocycles. The van der Waals surface area contributed by atoms with Crippen molar-refractivity contribution in [3.8, 4) is 0 Å². The summed E-state index contributed by atoms with van der Waals surface area (Å²) in [6.45, 7) is 1.51. The fourth-order valence-electron chi connectivity index (χ4n) is 1.99. The van der Waals surface area contributed by atoms with Gasteiger partial charge in [0.15, 0.2) is 5.78 Å². The van der Waals surface area contributed by atoms with Gasteiger partial charge in [-0.25, -0.2) is 0 Å². The van der Waals surface area contributed by atoms with E-state index in [0.29, 0.717) is 24.1 Å². The Balaban J connectivity index is 1.93. The predicted molar refractivity (Wildman–Crippen MR) is 87.5 cm³/mol. The predicted octanol–water partition coefficient (Wildman–Crippen LogP) is 4.22. The lowest BCUT2D eigenvalue weighted by atomic mass is 10.1. The minimum atomic E-state index is -0.0596. The van der Waals surface area contributed by atoms with Gasteiger partial charge < -0.3 is 5.32 Å². The maximum absolute atomic E-state index is 11.9. The summed E-state index contributed by atoms with van der Waals surface area (Å²) in [5.41, 5.74) is 2.36. The quantitative estimate of drug-likeness (QED) is 0.824. The van der Waals surface area contributed by atoms with Crippen LogP contribution < -0.4 is 5.32 Å². The molecule has 0 saturated carbocycles. The number of carbonyl (C=O) groups excluding carboxylic acids is 2. The van der Waals surface area contributed by atoms with Crippen molar-refractivity contribution in [3.63, 3.8) is 0 Å². The van der Waals surface area contributed by atoms with Crippen molar-refractivity contribution < 1.29 is 9.59 Å². The fraction of sp³-hybridized carbons (Fsp3) is 0.176. The Bertz CT molecular complexity index is 667. The van der Waals surface area contributed by atoms with Crippen LogP contribution in [0.1, 0.15) is 29.3 Å². The molecule has 2 rings (SSSR count). The van der Waals surface area contributed by atoms with Gasteiger partial charge in [-0.1, -0.05) is 40.2 Å². The number of aryl methyl sites for hydroxylation is 1. The molecular weight excluding hydrogens is 330 g/mol. The number of nitrogens with one attached hydrogen (secondary N) is 1. The van der Waals surface area contributed by atoms with Crippen LogP contribution in [0.5, 0.6) is 0 Å². The number of anilines is 1. The fourth-order valence-corrected chi connectivity index (χ4v) is 2.44. The summed E-state index contributed by atoms with van der Waals surface area (Å²) in [6.07, 6.45) is 1.08. The highest BCUT2D eigenvalue weighted by molar-refractivity contribution is 9.10. The van der Waals surface area contributed by atoms with Crippen molar-refractivity contribution in [1.82, 2.24) is 0 Å². The van der Waals surface area contributed by atoms with Gasteiger partial charge in [0, 0.05) is 22.1 Å². The molecule has 0 fully saturated rings. The SMILES string of the molecule is CC(=O)c1cccc(NC(=O)CCc2cccc(Br)c2)c1. The van der Waals surface area contributed by atoms with Crippen molar-refractivity contribution in [1.29, 1.82) is 0 Å². The Hall–Kier alpha value is -1.94. The normalized spacial score (nSPS) is 10.2. The third-order valence-corrected chi connectivity index (χ3v) is 3.58. The molecule has 0 aliphatic heterocycles. The van der Waals surface area contributed by atoms with E-state index in [9.17, 15) is 9.59 Å². The Morgan fingerprint density at radius 3 is 2.57 bits per heavy atom. The number of halogens is 1. The molecule has 0 aliphatic carbocycles. The van der Waals surface area contributed by atoms with Crippen molar-refractivity contribution in [2.24, 2.45) is 0 Å². The summed E-state index contributed by atoms with van der Waals surface area (Å²) in [7, 11) is 0. The number of amides is 1. The molecular formula is C17H16BrNO2. The molecule has 0 saturated heterocycles. The van der Waals surface area contributed by atoms with Crippen molar-refractivity contribution in [2.75, 3.05) is 5.32 Å². The summed E-state index contributed by atoms with van der Waals surface area (Å²) in [5.74, 6) is -0.0732. The topological polar surface area (TPSA) is 46.2 Å². The Labute approximate surface area is 132 Å². The van der Waals surface area contributed by atoms with Crippen LogP contribution >= 0.6 is 15.9 Å². The largest absolute Gasteiger partial charge is 0.326 e. The van der Waals surface area contributed by atoms with Crippen LogP contribution in [-0.2, 0) is 11.2 Å². The molecule has 2 aromatic rings. The van der Waals surface area contributed by atoms with E-state index in [4.69, 9.17) is 0 Å². The van der Waals surface area contributed by atoms with E-state index < -0.39 is 0 Å². The molecule has 21 heavy (non-hydrogen) atoms. The number of hydrogen-bond donors (Lipinski definition) is 1. The zero-order valence-electron chi connectivity index (χ0n) is 11.7. The Morgan fingerprint density at radius 1 is 1.10 bits per heavy atom. The molecule has 0 atom stereocenters. The molecule has 0 spiro atoms. The maximum Gasteiger partial charge on any atom is 0.224 e. The van der Waals surface area contributed by atoms with Crippen LogP contribution in [0.25, 0.3) is 0 Å². The molecule has 0 radical (unpaired) electrons. The van der Waals surface area contributed by atoms with Gasteiger partial charge in [0.1, 0.15) is 0 Å². The van der Waals surface area contributed by atoms with Crippen LogP contribution in [0.15, 0.2) is 53.0 Å². The van der Waals surface area contributed by atoms with Crippen LogP contribution in [0.3, 0.4) is 0 Å². The summed E-state index contributed by atoms with van der Waals surface area (Å²) in [5, 5.41) is 2.82. The van der Waals surface area contributed by atoms with Crippen molar-refractivity contribution in [2.45, 2.75) is 19.8 Å². The summed E-state index contributed by atoms with van der Waals surface area (Å²) < 4.78 is 1.01. The van der Waals surface area contributed by atoms with Gasteiger partial charge in [-0.2, -0.15) is 0 Å². The highest BCUT2D eigenvalue weighted by atomic mass is 79.9. The van der Waals surface area contributed by atoms with Gasteiger partial charge >= 0.3 is 0 Å². The van der Waals surface area contributed by atoms with Crippen LogP contribution in [0.2, 0.25) is 0 Å². The lowest BCUT2D eigenvalue weighted by Crippen LogP contribution is -2.12. The van der Waals surface area contributed by atoms with Crippen LogP contribution in [0, 0.1) is 0 Å². The van der Waals surface area contributed by atoms with Crippen LogP contribution in [-0.4, -0.2) is 11.7 Å². The molecule has 1 N–H and O–H groups in total. The number of rotatable bonds is 5. The van der Waals surface area contributed by atoms with E-state index in [1.165, 1.54) is 6.92 Å². The summed E-state index contributed by atoms with van der Waals surface area (Å²) in [4.78, 5) is 23.3. The van der Waals surface area contributed by atoms with Crippen molar-refractivity contribution in [3.05, 3.63) is 64.1 Å². The van der Waals surface area contributed by atoms with E-state index in [-0.39, 0.29) is 11.7 Å². The number of ketones is 1. The molecule has 0 aliphatic rings. The van der Waals surface area contributed by atoms with Gasteiger partial charge in [-0.15, -0.1) is 0 Å². The minimum Gasteiger partial charge on any atom is -0.326 e. The molecule has 0 bridgehead atoms. The number of carbonyl (C=O) groups is 2. The summed E-state index contributed by atoms with van der Waals surface area (Å²) >= 11 is 3.41. The number of hydrogen-bond acceptors (Lipinski definition) is 2. The minimum absolute atomic E-state index is 0.0137. The lowest BCUT2D eigenvalue weighted by molar-refractivity contribution is -0.116. The average molecular weight is 346 g/mol. The lowest BCUT2D eigenvalue weighted by Gasteiger charge is -2.07. The second-order valence-corrected chi connectivity index (χ2v) is 5.73. The molecule has 0 heterocycles. The molecule has 108 valence electrons.